The minimum Gasteiger partial charge on any atom is -0.462 e. The van der Waals surface area contributed by atoms with Crippen LogP contribution in [0.3, 0.4) is 0 Å². The molecule has 0 aromatic heterocycles. The van der Waals surface area contributed by atoms with Gasteiger partial charge in [0.2, 0.25) is 0 Å². The van der Waals surface area contributed by atoms with E-state index in [1.54, 1.807) is 24.3 Å². The molecular formula is C17H31NO3Si2. The number of carbonyl (C=O) groups excluding carboxylic acids is 1. The van der Waals surface area contributed by atoms with Crippen LogP contribution in [0.2, 0.25) is 38.8 Å². The largest absolute Gasteiger partial charge is 0.462 e. The molecule has 2 N–H and O–H groups in total. The van der Waals surface area contributed by atoms with Crippen LogP contribution in [-0.2, 0) is 8.85 Å². The average molecular weight is 354 g/mol. The fraction of sp³-hybridized carbons (Fsp3) is 0.588. The number of rotatable bonds is 9. The van der Waals surface area contributed by atoms with Crippen molar-refractivity contribution in [1.29, 1.82) is 0 Å². The molecule has 0 fully saturated rings. The van der Waals surface area contributed by atoms with Crippen molar-refractivity contribution < 1.29 is 13.6 Å². The SMILES string of the molecule is C[Si](C)(C)O[Si](C)(C)CCCCCOC(=O)c1ccc(N)cc1. The van der Waals surface area contributed by atoms with E-state index in [0.29, 0.717) is 17.9 Å². The molecule has 0 atom stereocenters. The number of unbranched alkanes of at least 4 members (excludes halogenated alkanes) is 2. The van der Waals surface area contributed by atoms with Crippen molar-refractivity contribution in [2.24, 2.45) is 0 Å². The van der Waals surface area contributed by atoms with Crippen molar-refractivity contribution in [2.75, 3.05) is 12.3 Å². The zero-order valence-corrected chi connectivity index (χ0v) is 17.1. The van der Waals surface area contributed by atoms with Crippen molar-refractivity contribution in [1.82, 2.24) is 0 Å². The topological polar surface area (TPSA) is 61.5 Å². The van der Waals surface area contributed by atoms with Crippen LogP contribution >= 0.6 is 0 Å². The molecule has 0 amide bonds. The first-order valence-corrected chi connectivity index (χ1v) is 14.8. The molecule has 23 heavy (non-hydrogen) atoms. The zero-order chi connectivity index (χ0) is 17.5. The summed E-state index contributed by atoms with van der Waals surface area (Å²) in [7, 11) is -2.98. The summed E-state index contributed by atoms with van der Waals surface area (Å²) in [5.74, 6) is -0.276. The molecular weight excluding hydrogens is 322 g/mol. The van der Waals surface area contributed by atoms with Crippen LogP contribution in [0.15, 0.2) is 24.3 Å². The number of nitrogens with two attached hydrogens (primary N) is 1. The number of hydrogen-bond acceptors (Lipinski definition) is 4. The highest BCUT2D eigenvalue weighted by Crippen LogP contribution is 2.21. The molecule has 0 aliphatic rings. The number of benzene rings is 1. The number of esters is 1. The average Bonchev–Trinajstić information content (AvgIpc) is 2.40. The highest BCUT2D eigenvalue weighted by Gasteiger charge is 2.28. The van der Waals surface area contributed by atoms with Crippen LogP contribution in [0.5, 0.6) is 0 Å². The Labute approximate surface area is 142 Å². The van der Waals surface area contributed by atoms with Gasteiger partial charge in [-0.1, -0.05) is 12.8 Å². The van der Waals surface area contributed by atoms with Crippen LogP contribution in [0.25, 0.3) is 0 Å². The van der Waals surface area contributed by atoms with Crippen LogP contribution in [0.1, 0.15) is 29.6 Å². The predicted molar refractivity (Wildman–Crippen MR) is 102 cm³/mol. The van der Waals surface area contributed by atoms with Crippen molar-refractivity contribution in [3.63, 3.8) is 0 Å². The van der Waals surface area contributed by atoms with Crippen LogP contribution in [0.4, 0.5) is 5.69 Å². The lowest BCUT2D eigenvalue weighted by atomic mass is 10.2. The van der Waals surface area contributed by atoms with E-state index < -0.39 is 16.6 Å². The van der Waals surface area contributed by atoms with Gasteiger partial charge in [0, 0.05) is 5.69 Å². The van der Waals surface area contributed by atoms with E-state index in [4.69, 9.17) is 14.6 Å². The maximum atomic E-state index is 11.8. The fourth-order valence-electron chi connectivity index (χ4n) is 2.58. The molecule has 0 heterocycles. The fourth-order valence-corrected chi connectivity index (χ4v) is 10.7. The lowest BCUT2D eigenvalue weighted by Gasteiger charge is -2.31. The lowest BCUT2D eigenvalue weighted by molar-refractivity contribution is 0.0498. The van der Waals surface area contributed by atoms with Crippen LogP contribution in [0, 0.1) is 0 Å². The summed E-state index contributed by atoms with van der Waals surface area (Å²) in [6.45, 7) is 11.8. The maximum Gasteiger partial charge on any atom is 0.338 e. The number of carbonyl (C=O) groups is 1. The van der Waals surface area contributed by atoms with Gasteiger partial charge in [0.1, 0.15) is 0 Å². The van der Waals surface area contributed by atoms with Crippen molar-refractivity contribution in [3.8, 4) is 0 Å². The molecule has 0 unspecified atom stereocenters. The molecule has 1 aromatic rings. The normalized spacial score (nSPS) is 12.2. The summed E-state index contributed by atoms with van der Waals surface area (Å²) in [6.07, 6.45) is 3.11. The van der Waals surface area contributed by atoms with E-state index in [1.165, 1.54) is 6.04 Å². The van der Waals surface area contributed by atoms with E-state index in [9.17, 15) is 4.79 Å². The van der Waals surface area contributed by atoms with Crippen molar-refractivity contribution in [3.05, 3.63) is 29.8 Å². The number of anilines is 1. The summed E-state index contributed by atoms with van der Waals surface area (Å²) in [5, 5.41) is 0. The molecule has 0 aliphatic carbocycles. The molecule has 0 radical (unpaired) electrons. The number of hydrogen-bond donors (Lipinski definition) is 1. The summed E-state index contributed by atoms with van der Waals surface area (Å²) in [4.78, 5) is 11.8. The van der Waals surface area contributed by atoms with E-state index in [0.717, 1.165) is 19.3 Å². The summed E-state index contributed by atoms with van der Waals surface area (Å²) >= 11 is 0. The lowest BCUT2D eigenvalue weighted by Crippen LogP contribution is -2.42. The van der Waals surface area contributed by atoms with Gasteiger partial charge in [0.05, 0.1) is 12.2 Å². The van der Waals surface area contributed by atoms with Gasteiger partial charge in [0.15, 0.2) is 16.6 Å². The smallest absolute Gasteiger partial charge is 0.338 e. The molecule has 0 bridgehead atoms. The Hall–Kier alpha value is -1.12. The molecule has 0 spiro atoms. The highest BCUT2D eigenvalue weighted by atomic mass is 28.4. The molecule has 0 aliphatic heterocycles. The van der Waals surface area contributed by atoms with Gasteiger partial charge >= 0.3 is 5.97 Å². The van der Waals surface area contributed by atoms with Gasteiger partial charge in [0.25, 0.3) is 0 Å². The minimum atomic E-state index is -1.54. The quantitative estimate of drug-likeness (QED) is 0.304. The van der Waals surface area contributed by atoms with E-state index in [-0.39, 0.29) is 5.97 Å². The third kappa shape index (κ3) is 8.93. The first-order valence-electron chi connectivity index (χ1n) is 8.32. The molecule has 0 saturated heterocycles. The first kappa shape index (κ1) is 19.9. The summed E-state index contributed by atoms with van der Waals surface area (Å²) < 4.78 is 11.6. The van der Waals surface area contributed by atoms with Gasteiger partial charge < -0.3 is 14.6 Å². The number of ether oxygens (including phenoxy) is 1. The monoisotopic (exact) mass is 353 g/mol. The Morgan fingerprint density at radius 2 is 1.61 bits per heavy atom. The third-order valence-electron chi connectivity index (χ3n) is 3.39. The van der Waals surface area contributed by atoms with Gasteiger partial charge in [-0.3, -0.25) is 0 Å². The van der Waals surface area contributed by atoms with Crippen molar-refractivity contribution >= 4 is 28.3 Å². The van der Waals surface area contributed by atoms with Gasteiger partial charge in [-0.15, -0.1) is 0 Å². The van der Waals surface area contributed by atoms with Crippen molar-refractivity contribution in [2.45, 2.75) is 58.0 Å². The van der Waals surface area contributed by atoms with Gasteiger partial charge in [-0.2, -0.15) is 0 Å². The Balaban J connectivity index is 2.18. The Bertz CT molecular complexity index is 496. The highest BCUT2D eigenvalue weighted by molar-refractivity contribution is 6.84. The van der Waals surface area contributed by atoms with E-state index in [1.807, 2.05) is 0 Å². The van der Waals surface area contributed by atoms with Crippen LogP contribution < -0.4 is 5.73 Å². The third-order valence-corrected chi connectivity index (χ3v) is 9.60. The second kappa shape index (κ2) is 8.66. The standard InChI is InChI=1S/C17H31NO3Si2/c1-22(2,3)21-23(4,5)14-8-6-7-13-20-17(19)15-9-11-16(18)12-10-15/h9-12H,6-8,13-14,18H2,1-5H3. The first-order chi connectivity index (χ1) is 10.6. The summed E-state index contributed by atoms with van der Waals surface area (Å²) in [6, 6.07) is 7.98. The number of nitrogen functional groups attached to an aromatic ring is 1. The Kier molecular flexibility index (Phi) is 7.50. The van der Waals surface area contributed by atoms with E-state index >= 15 is 0 Å². The Morgan fingerprint density at radius 1 is 1.00 bits per heavy atom. The molecule has 6 heteroatoms. The van der Waals surface area contributed by atoms with Crippen LogP contribution in [-0.4, -0.2) is 29.2 Å². The van der Waals surface area contributed by atoms with E-state index in [2.05, 4.69) is 32.7 Å². The van der Waals surface area contributed by atoms with Gasteiger partial charge in [-0.05, 0) is 69.5 Å². The zero-order valence-electron chi connectivity index (χ0n) is 15.1. The Morgan fingerprint density at radius 3 is 2.17 bits per heavy atom. The minimum absolute atomic E-state index is 0.276. The molecule has 1 aromatic carbocycles. The maximum absolute atomic E-state index is 11.8. The molecule has 4 nitrogen and oxygen atoms in total. The second-order valence-corrected chi connectivity index (χ2v) is 16.6. The molecule has 0 saturated carbocycles. The van der Waals surface area contributed by atoms with Gasteiger partial charge in [-0.25, -0.2) is 4.79 Å². The summed E-state index contributed by atoms with van der Waals surface area (Å²) in [5.41, 5.74) is 6.80. The molecule has 1 rings (SSSR count). The molecule has 130 valence electrons. The predicted octanol–water partition coefficient (Wildman–Crippen LogP) is 4.65. The second-order valence-electron chi connectivity index (χ2n) is 7.54.